The summed E-state index contributed by atoms with van der Waals surface area (Å²) in [6.45, 7) is 0.258. The van der Waals surface area contributed by atoms with Crippen molar-refractivity contribution in [3.05, 3.63) is 24.3 Å². The monoisotopic (exact) mass is 306 g/mol. The van der Waals surface area contributed by atoms with Crippen LogP contribution in [0.15, 0.2) is 29.4 Å². The summed E-state index contributed by atoms with van der Waals surface area (Å²) < 4.78 is 26.9. The van der Waals surface area contributed by atoms with Crippen LogP contribution in [0.1, 0.15) is 12.8 Å². The summed E-state index contributed by atoms with van der Waals surface area (Å²) in [6, 6.07) is 11.2. The van der Waals surface area contributed by atoms with Crippen LogP contribution < -0.4 is 0 Å². The summed E-state index contributed by atoms with van der Waals surface area (Å²) in [4.78, 5) is 4.19. The number of hydrogen-bond donors (Lipinski definition) is 0. The van der Waals surface area contributed by atoms with Gasteiger partial charge in [-0.15, -0.1) is 0 Å². The molecular formula is C14H12F2N4S. The summed E-state index contributed by atoms with van der Waals surface area (Å²) >= 11 is 0.371. The molecule has 1 unspecified atom stereocenters. The number of alkyl halides is 2. The molecular weight excluding hydrogens is 294 g/mol. The number of fused-ring (bicyclic) bond motifs is 1. The molecule has 1 aromatic carbocycles. The second kappa shape index (κ2) is 7.05. The van der Waals surface area contributed by atoms with Gasteiger partial charge in [0, 0.05) is 13.0 Å². The fraction of sp³-hybridized carbons (Fsp3) is 0.357. The number of thioether (sulfide) groups is 1. The Morgan fingerprint density at radius 3 is 2.71 bits per heavy atom. The highest BCUT2D eigenvalue weighted by Crippen LogP contribution is 2.29. The van der Waals surface area contributed by atoms with Gasteiger partial charge in [0.1, 0.15) is 0 Å². The van der Waals surface area contributed by atoms with Crippen LogP contribution in [0.5, 0.6) is 0 Å². The number of rotatable bonds is 6. The summed E-state index contributed by atoms with van der Waals surface area (Å²) in [5.74, 6) is -2.97. The third-order valence-corrected chi connectivity index (χ3v) is 3.70. The molecule has 0 bridgehead atoms. The van der Waals surface area contributed by atoms with E-state index >= 15 is 0 Å². The van der Waals surface area contributed by atoms with Crippen LogP contribution in [0.4, 0.5) is 8.78 Å². The molecule has 0 N–H and O–H groups in total. The van der Waals surface area contributed by atoms with Gasteiger partial charge in [-0.2, -0.15) is 19.3 Å². The summed E-state index contributed by atoms with van der Waals surface area (Å²) in [6.07, 6.45) is 0.681. The van der Waals surface area contributed by atoms with E-state index in [9.17, 15) is 8.78 Å². The van der Waals surface area contributed by atoms with E-state index in [4.69, 9.17) is 10.5 Å². The Morgan fingerprint density at radius 2 is 2.05 bits per heavy atom. The average molecular weight is 306 g/mol. The van der Waals surface area contributed by atoms with Gasteiger partial charge in [-0.25, -0.2) is 4.98 Å². The third-order valence-electron chi connectivity index (χ3n) is 3.00. The first-order chi connectivity index (χ1) is 10.2. The Hall–Kier alpha value is -2.12. The van der Waals surface area contributed by atoms with E-state index in [1.807, 2.05) is 6.07 Å². The average Bonchev–Trinajstić information content (AvgIpc) is 2.80. The Balaban J connectivity index is 2.35. The zero-order valence-corrected chi connectivity index (χ0v) is 11.9. The molecule has 1 atom stereocenters. The van der Waals surface area contributed by atoms with Gasteiger partial charge in [0.05, 0.1) is 29.1 Å². The van der Waals surface area contributed by atoms with Crippen molar-refractivity contribution in [3.63, 3.8) is 0 Å². The number of para-hydroxylation sites is 2. The summed E-state index contributed by atoms with van der Waals surface area (Å²) in [5, 5.41) is 17.9. The minimum Gasteiger partial charge on any atom is -0.317 e. The fourth-order valence-electron chi connectivity index (χ4n) is 2.06. The predicted molar refractivity (Wildman–Crippen MR) is 75.5 cm³/mol. The topological polar surface area (TPSA) is 65.4 Å². The zero-order chi connectivity index (χ0) is 15.2. The van der Waals surface area contributed by atoms with E-state index in [-0.39, 0.29) is 18.1 Å². The maximum atomic E-state index is 12.7. The van der Waals surface area contributed by atoms with Crippen molar-refractivity contribution < 1.29 is 8.78 Å². The SMILES string of the molecule is N#CCCC(C#N)Cn1c(SC(F)F)nc2ccccc21. The van der Waals surface area contributed by atoms with Crippen molar-refractivity contribution in [2.24, 2.45) is 5.92 Å². The molecule has 4 nitrogen and oxygen atoms in total. The van der Waals surface area contributed by atoms with Gasteiger partial charge < -0.3 is 4.57 Å². The second-order valence-corrected chi connectivity index (χ2v) is 5.35. The Kier molecular flexibility index (Phi) is 5.13. The van der Waals surface area contributed by atoms with Crippen molar-refractivity contribution in [3.8, 4) is 12.1 Å². The molecule has 0 aliphatic heterocycles. The highest BCUT2D eigenvalue weighted by atomic mass is 32.2. The fourth-order valence-corrected chi connectivity index (χ4v) is 2.67. The number of imidazole rings is 1. The van der Waals surface area contributed by atoms with E-state index in [0.29, 0.717) is 23.7 Å². The van der Waals surface area contributed by atoms with Gasteiger partial charge >= 0.3 is 0 Å². The van der Waals surface area contributed by atoms with E-state index in [2.05, 4.69) is 11.1 Å². The molecule has 1 aromatic heterocycles. The number of benzene rings is 1. The normalized spacial score (nSPS) is 12.2. The highest BCUT2D eigenvalue weighted by Gasteiger charge is 2.18. The van der Waals surface area contributed by atoms with Crippen molar-refractivity contribution in [1.29, 1.82) is 10.5 Å². The molecule has 0 aliphatic carbocycles. The minimum atomic E-state index is -2.57. The molecule has 0 radical (unpaired) electrons. The van der Waals surface area contributed by atoms with Crippen molar-refractivity contribution in [2.75, 3.05) is 0 Å². The van der Waals surface area contributed by atoms with E-state index in [1.54, 1.807) is 28.8 Å². The van der Waals surface area contributed by atoms with Crippen LogP contribution in [-0.4, -0.2) is 15.3 Å². The maximum Gasteiger partial charge on any atom is 0.291 e. The Bertz CT molecular complexity index is 699. The molecule has 0 amide bonds. The van der Waals surface area contributed by atoms with Crippen LogP contribution >= 0.6 is 11.8 Å². The summed E-state index contributed by atoms with van der Waals surface area (Å²) in [7, 11) is 0. The maximum absolute atomic E-state index is 12.7. The lowest BCUT2D eigenvalue weighted by molar-refractivity contribution is 0.251. The summed E-state index contributed by atoms with van der Waals surface area (Å²) in [5.41, 5.74) is 1.34. The lowest BCUT2D eigenvalue weighted by Crippen LogP contribution is -2.10. The number of nitriles is 2. The van der Waals surface area contributed by atoms with Crippen LogP contribution in [-0.2, 0) is 6.54 Å². The van der Waals surface area contributed by atoms with Crippen molar-refractivity contribution in [2.45, 2.75) is 30.3 Å². The molecule has 2 aromatic rings. The van der Waals surface area contributed by atoms with Crippen LogP contribution in [0.25, 0.3) is 11.0 Å². The smallest absolute Gasteiger partial charge is 0.291 e. The standard InChI is InChI=1S/C14H12F2N4S/c15-13(16)21-14-19-11-5-1-2-6-12(11)20(14)9-10(8-18)4-3-7-17/h1-2,5-6,10,13H,3-4,9H2. The van der Waals surface area contributed by atoms with Crippen molar-refractivity contribution in [1.82, 2.24) is 9.55 Å². The molecule has 0 aliphatic rings. The molecule has 21 heavy (non-hydrogen) atoms. The van der Waals surface area contributed by atoms with Gasteiger partial charge in [-0.1, -0.05) is 12.1 Å². The minimum absolute atomic E-state index is 0.198. The number of nitrogens with zero attached hydrogens (tertiary/aromatic N) is 4. The largest absolute Gasteiger partial charge is 0.317 e. The lowest BCUT2D eigenvalue weighted by atomic mass is 10.1. The number of hydrogen-bond acceptors (Lipinski definition) is 4. The molecule has 0 saturated heterocycles. The quantitative estimate of drug-likeness (QED) is 0.761. The van der Waals surface area contributed by atoms with Gasteiger partial charge in [-0.05, 0) is 30.3 Å². The van der Waals surface area contributed by atoms with E-state index in [0.717, 1.165) is 5.52 Å². The van der Waals surface area contributed by atoms with Crippen LogP contribution in [0.2, 0.25) is 0 Å². The molecule has 7 heteroatoms. The molecule has 0 fully saturated rings. The second-order valence-electron chi connectivity index (χ2n) is 4.40. The van der Waals surface area contributed by atoms with E-state index < -0.39 is 11.7 Å². The molecule has 0 spiro atoms. The first-order valence-electron chi connectivity index (χ1n) is 6.32. The van der Waals surface area contributed by atoms with Gasteiger partial charge in [-0.3, -0.25) is 0 Å². The number of aromatic nitrogens is 2. The third kappa shape index (κ3) is 3.71. The van der Waals surface area contributed by atoms with Gasteiger partial charge in [0.2, 0.25) is 0 Å². The van der Waals surface area contributed by atoms with Crippen LogP contribution in [0.3, 0.4) is 0 Å². The van der Waals surface area contributed by atoms with E-state index in [1.165, 1.54) is 0 Å². The Morgan fingerprint density at radius 1 is 1.29 bits per heavy atom. The van der Waals surface area contributed by atoms with Crippen molar-refractivity contribution >= 4 is 22.8 Å². The lowest BCUT2D eigenvalue weighted by Gasteiger charge is -2.12. The highest BCUT2D eigenvalue weighted by molar-refractivity contribution is 7.99. The first kappa shape index (κ1) is 15.3. The number of halogens is 2. The molecule has 2 rings (SSSR count). The van der Waals surface area contributed by atoms with Gasteiger partial charge in [0.25, 0.3) is 5.76 Å². The molecule has 1 heterocycles. The molecule has 0 saturated carbocycles. The van der Waals surface area contributed by atoms with Gasteiger partial charge in [0.15, 0.2) is 5.16 Å². The first-order valence-corrected chi connectivity index (χ1v) is 7.20. The zero-order valence-electron chi connectivity index (χ0n) is 11.0. The predicted octanol–water partition coefficient (Wildman–Crippen LogP) is 3.79. The van der Waals surface area contributed by atoms with Crippen LogP contribution in [0, 0.1) is 28.6 Å². The Labute approximate surface area is 125 Å². The molecule has 108 valence electrons.